The summed E-state index contributed by atoms with van der Waals surface area (Å²) in [6, 6.07) is 19.0. The summed E-state index contributed by atoms with van der Waals surface area (Å²) in [7, 11) is -4.10. The molecule has 3 rings (SSSR count). The van der Waals surface area contributed by atoms with Gasteiger partial charge in [-0.05, 0) is 75.4 Å². The van der Waals surface area contributed by atoms with Gasteiger partial charge in [-0.3, -0.25) is 13.9 Å². The fourth-order valence-corrected chi connectivity index (χ4v) is 6.12. The first-order valence-corrected chi connectivity index (χ1v) is 15.2. The van der Waals surface area contributed by atoms with Crippen LogP contribution in [-0.4, -0.2) is 44.3 Å². The fraction of sp³-hybridized carbons (Fsp3) is 0.375. The average Bonchev–Trinajstić information content (AvgIpc) is 2.92. The number of anilines is 1. The van der Waals surface area contributed by atoms with Gasteiger partial charge in [0.25, 0.3) is 10.0 Å². The van der Waals surface area contributed by atoms with E-state index < -0.39 is 28.5 Å². The van der Waals surface area contributed by atoms with Crippen LogP contribution < -0.4 is 9.62 Å². The zero-order valence-corrected chi connectivity index (χ0v) is 25.2. The van der Waals surface area contributed by atoms with Crippen LogP contribution in [0.1, 0.15) is 54.5 Å². The van der Waals surface area contributed by atoms with E-state index in [9.17, 15) is 18.0 Å². The van der Waals surface area contributed by atoms with Gasteiger partial charge in [0.2, 0.25) is 11.8 Å². The highest BCUT2D eigenvalue weighted by Gasteiger charge is 2.34. The van der Waals surface area contributed by atoms with Crippen molar-refractivity contribution in [3.05, 3.63) is 94.5 Å². The van der Waals surface area contributed by atoms with E-state index in [0.717, 1.165) is 34.2 Å². The first kappa shape index (κ1) is 30.9. The minimum absolute atomic E-state index is 0.102. The molecule has 0 aliphatic heterocycles. The molecule has 214 valence electrons. The molecule has 1 unspecified atom stereocenters. The van der Waals surface area contributed by atoms with Crippen molar-refractivity contribution >= 4 is 27.5 Å². The second kappa shape index (κ2) is 13.6. The monoisotopic (exact) mass is 563 g/mol. The number of carbonyl (C=O) groups excluding carboxylic acids is 2. The summed E-state index contributed by atoms with van der Waals surface area (Å²) >= 11 is 0. The zero-order chi connectivity index (χ0) is 29.4. The van der Waals surface area contributed by atoms with Gasteiger partial charge in [-0.2, -0.15) is 0 Å². The lowest BCUT2D eigenvalue weighted by molar-refractivity contribution is -0.140. The first-order chi connectivity index (χ1) is 19.0. The molecule has 0 saturated carbocycles. The molecule has 0 spiro atoms. The van der Waals surface area contributed by atoms with Crippen molar-refractivity contribution in [3.63, 3.8) is 0 Å². The molecule has 0 saturated heterocycles. The lowest BCUT2D eigenvalue weighted by Gasteiger charge is -2.33. The number of sulfonamides is 1. The van der Waals surface area contributed by atoms with E-state index in [2.05, 4.69) is 5.32 Å². The van der Waals surface area contributed by atoms with Crippen molar-refractivity contribution in [2.24, 2.45) is 0 Å². The lowest BCUT2D eigenvalue weighted by Crippen LogP contribution is -2.52. The molecule has 0 aliphatic rings. The van der Waals surface area contributed by atoms with Crippen LogP contribution in [0.5, 0.6) is 0 Å². The van der Waals surface area contributed by atoms with Crippen LogP contribution in [0.25, 0.3) is 0 Å². The van der Waals surface area contributed by atoms with Crippen molar-refractivity contribution < 1.29 is 18.0 Å². The molecule has 0 radical (unpaired) electrons. The number of nitrogens with zero attached hydrogens (tertiary/aromatic N) is 2. The molecule has 0 aromatic heterocycles. The average molecular weight is 564 g/mol. The summed E-state index contributed by atoms with van der Waals surface area (Å²) in [6.07, 6.45) is 1.16. The van der Waals surface area contributed by atoms with Gasteiger partial charge in [0, 0.05) is 13.1 Å². The van der Waals surface area contributed by atoms with Gasteiger partial charge in [0.1, 0.15) is 12.6 Å². The van der Waals surface area contributed by atoms with Gasteiger partial charge in [-0.15, -0.1) is 0 Å². The van der Waals surface area contributed by atoms with Crippen molar-refractivity contribution in [1.82, 2.24) is 10.2 Å². The molecule has 8 heteroatoms. The Morgan fingerprint density at radius 1 is 0.875 bits per heavy atom. The first-order valence-electron chi connectivity index (χ1n) is 13.8. The van der Waals surface area contributed by atoms with Gasteiger partial charge in [0.05, 0.1) is 10.6 Å². The molecule has 0 heterocycles. The molecule has 2 amide bonds. The van der Waals surface area contributed by atoms with Gasteiger partial charge in [-0.1, -0.05) is 73.5 Å². The van der Waals surface area contributed by atoms with Crippen LogP contribution >= 0.6 is 0 Å². The number of carbonyl (C=O) groups is 2. The normalized spacial score (nSPS) is 12.1. The van der Waals surface area contributed by atoms with Crippen molar-refractivity contribution in [3.8, 4) is 0 Å². The minimum Gasteiger partial charge on any atom is -0.354 e. The lowest BCUT2D eigenvalue weighted by atomic mass is 10.1. The number of nitrogens with one attached hydrogen (secondary N) is 1. The summed E-state index contributed by atoms with van der Waals surface area (Å²) in [5, 5.41) is 2.91. The number of benzene rings is 3. The van der Waals surface area contributed by atoms with E-state index in [1.165, 1.54) is 9.21 Å². The van der Waals surface area contributed by atoms with Gasteiger partial charge < -0.3 is 10.2 Å². The second-order valence-electron chi connectivity index (χ2n) is 10.3. The molecule has 40 heavy (non-hydrogen) atoms. The number of amides is 2. The maximum atomic E-state index is 14.2. The van der Waals surface area contributed by atoms with E-state index >= 15 is 0 Å². The van der Waals surface area contributed by atoms with Crippen molar-refractivity contribution in [2.75, 3.05) is 17.4 Å². The Bertz CT molecular complexity index is 1430. The molecule has 0 bridgehead atoms. The molecule has 0 fully saturated rings. The highest BCUT2D eigenvalue weighted by Crippen LogP contribution is 2.29. The van der Waals surface area contributed by atoms with E-state index in [1.807, 2.05) is 71.9 Å². The Labute approximate surface area is 239 Å². The van der Waals surface area contributed by atoms with Crippen molar-refractivity contribution in [2.45, 2.75) is 71.9 Å². The van der Waals surface area contributed by atoms with Crippen LogP contribution in [0.2, 0.25) is 0 Å². The van der Waals surface area contributed by atoms with Crippen molar-refractivity contribution in [1.29, 1.82) is 0 Å². The summed E-state index contributed by atoms with van der Waals surface area (Å²) in [5.41, 5.74) is 4.96. The van der Waals surface area contributed by atoms with Crippen LogP contribution in [0.4, 0.5) is 5.69 Å². The van der Waals surface area contributed by atoms with Crippen LogP contribution in [0.15, 0.2) is 71.6 Å². The summed E-state index contributed by atoms with van der Waals surface area (Å²) in [4.78, 5) is 29.0. The highest BCUT2D eigenvalue weighted by molar-refractivity contribution is 7.92. The number of rotatable bonds is 12. The zero-order valence-electron chi connectivity index (χ0n) is 24.4. The predicted octanol–water partition coefficient (Wildman–Crippen LogP) is 5.45. The molecular weight excluding hydrogens is 522 g/mol. The Balaban J connectivity index is 2.10. The van der Waals surface area contributed by atoms with E-state index in [1.54, 1.807) is 36.4 Å². The second-order valence-corrected chi connectivity index (χ2v) is 12.1. The molecule has 7 nitrogen and oxygen atoms in total. The Morgan fingerprint density at radius 3 is 2.17 bits per heavy atom. The van der Waals surface area contributed by atoms with Crippen LogP contribution in [0.3, 0.4) is 0 Å². The summed E-state index contributed by atoms with van der Waals surface area (Å²) < 4.78 is 29.3. The minimum atomic E-state index is -4.10. The van der Waals surface area contributed by atoms with Crippen LogP contribution in [0, 0.1) is 27.7 Å². The molecule has 1 N–H and O–H groups in total. The number of hydrogen-bond acceptors (Lipinski definition) is 4. The fourth-order valence-electron chi connectivity index (χ4n) is 4.65. The van der Waals surface area contributed by atoms with Gasteiger partial charge in [-0.25, -0.2) is 8.42 Å². The molecule has 3 aromatic carbocycles. The smallest absolute Gasteiger partial charge is 0.264 e. The third kappa shape index (κ3) is 7.30. The molecule has 1 atom stereocenters. The maximum Gasteiger partial charge on any atom is 0.264 e. The SMILES string of the molecule is CCCNC(=O)C(CC)N(Cc1cccc(C)c1)C(=O)CN(c1cccc(C)c1C)S(=O)(=O)c1ccc(C)cc1. The predicted molar refractivity (Wildman–Crippen MR) is 161 cm³/mol. The summed E-state index contributed by atoms with van der Waals surface area (Å²) in [5.74, 6) is -0.693. The Morgan fingerprint density at radius 2 is 1.55 bits per heavy atom. The van der Waals surface area contributed by atoms with E-state index in [4.69, 9.17) is 0 Å². The molecular formula is C32H41N3O4S. The van der Waals surface area contributed by atoms with E-state index in [0.29, 0.717) is 18.7 Å². The topological polar surface area (TPSA) is 86.8 Å². The number of aryl methyl sites for hydroxylation is 3. The molecule has 3 aromatic rings. The van der Waals surface area contributed by atoms with E-state index in [-0.39, 0.29) is 17.3 Å². The van der Waals surface area contributed by atoms with Gasteiger partial charge in [0.15, 0.2) is 0 Å². The number of hydrogen-bond donors (Lipinski definition) is 1. The third-order valence-corrected chi connectivity index (χ3v) is 8.88. The maximum absolute atomic E-state index is 14.2. The third-order valence-electron chi connectivity index (χ3n) is 7.10. The quantitative estimate of drug-likeness (QED) is 0.318. The Hall–Kier alpha value is -3.65. The summed E-state index contributed by atoms with van der Waals surface area (Å²) in [6.45, 7) is 11.7. The molecule has 0 aliphatic carbocycles. The van der Waals surface area contributed by atoms with Crippen LogP contribution in [-0.2, 0) is 26.2 Å². The highest BCUT2D eigenvalue weighted by atomic mass is 32.2. The largest absolute Gasteiger partial charge is 0.354 e. The van der Waals surface area contributed by atoms with Gasteiger partial charge >= 0.3 is 0 Å². The standard InChI is InChI=1S/C32H41N3O4S/c1-7-19-33-32(37)29(8-2)34(21-27-13-9-11-24(4)20-27)31(36)22-35(30-14-10-12-25(5)26(30)6)40(38,39)28-17-15-23(3)16-18-28/h9-18,20,29H,7-8,19,21-22H2,1-6H3,(H,33,37). The Kier molecular flexibility index (Phi) is 10.5.